The molecule has 0 bridgehead atoms. The number of rotatable bonds is 3. The van der Waals surface area contributed by atoms with Gasteiger partial charge in [0.1, 0.15) is 6.04 Å². The topological polar surface area (TPSA) is 92.9 Å². The van der Waals surface area contributed by atoms with Gasteiger partial charge in [-0.05, 0) is 19.1 Å². The van der Waals surface area contributed by atoms with Crippen LogP contribution >= 0.6 is 0 Å². The molecule has 0 fully saturated rings. The molecule has 6 heteroatoms. The highest BCUT2D eigenvalue weighted by atomic mass is 16.2. The average molecular weight is 245 g/mol. The molecule has 1 heterocycles. The van der Waals surface area contributed by atoms with Gasteiger partial charge in [0.25, 0.3) is 0 Å². The third-order valence-corrected chi connectivity index (χ3v) is 2.59. The van der Waals surface area contributed by atoms with Gasteiger partial charge in [-0.3, -0.25) is 4.79 Å². The number of likely N-dealkylation sites (N-methyl/N-ethyl adjacent to an activating group) is 1. The van der Waals surface area contributed by atoms with Gasteiger partial charge in [-0.2, -0.15) is 0 Å². The van der Waals surface area contributed by atoms with Crippen molar-refractivity contribution < 1.29 is 4.79 Å². The summed E-state index contributed by atoms with van der Waals surface area (Å²) < 4.78 is 0. The van der Waals surface area contributed by atoms with E-state index in [2.05, 4.69) is 20.6 Å². The Bertz CT molecular complexity index is 584. The number of carbonyl (C=O) groups is 1. The quantitative estimate of drug-likeness (QED) is 0.742. The van der Waals surface area contributed by atoms with Crippen molar-refractivity contribution in [3.05, 3.63) is 24.3 Å². The molecular formula is C12H15N5O. The molecule has 18 heavy (non-hydrogen) atoms. The lowest BCUT2D eigenvalue weighted by Crippen LogP contribution is -2.35. The second-order valence-corrected chi connectivity index (χ2v) is 3.93. The van der Waals surface area contributed by atoms with E-state index in [4.69, 9.17) is 5.73 Å². The minimum atomic E-state index is -0.423. The monoisotopic (exact) mass is 245 g/mol. The van der Waals surface area contributed by atoms with Crippen LogP contribution in [0.1, 0.15) is 6.92 Å². The van der Waals surface area contributed by atoms with Gasteiger partial charge < -0.3 is 16.4 Å². The fourth-order valence-corrected chi connectivity index (χ4v) is 1.61. The molecule has 0 saturated carbocycles. The largest absolute Gasteiger partial charge is 0.381 e. The lowest BCUT2D eigenvalue weighted by molar-refractivity contribution is -0.121. The zero-order valence-electron chi connectivity index (χ0n) is 10.3. The summed E-state index contributed by atoms with van der Waals surface area (Å²) in [7, 11) is 1.58. The Kier molecular flexibility index (Phi) is 3.27. The maximum absolute atomic E-state index is 11.4. The van der Waals surface area contributed by atoms with Crippen molar-refractivity contribution in [2.45, 2.75) is 13.0 Å². The van der Waals surface area contributed by atoms with Crippen LogP contribution in [0.25, 0.3) is 11.0 Å². The Morgan fingerprint density at radius 1 is 1.28 bits per heavy atom. The van der Waals surface area contributed by atoms with Crippen molar-refractivity contribution in [1.82, 2.24) is 15.3 Å². The van der Waals surface area contributed by atoms with Crippen LogP contribution in [0.2, 0.25) is 0 Å². The normalized spacial score (nSPS) is 12.1. The summed E-state index contributed by atoms with van der Waals surface area (Å²) >= 11 is 0. The van der Waals surface area contributed by atoms with E-state index in [1.54, 1.807) is 14.0 Å². The number of benzene rings is 1. The number of para-hydroxylation sites is 2. The Labute approximate surface area is 105 Å². The van der Waals surface area contributed by atoms with Gasteiger partial charge >= 0.3 is 0 Å². The SMILES string of the molecule is CNC(=O)C(C)Nc1nc2ccccc2nc1N. The molecule has 0 aliphatic rings. The third-order valence-electron chi connectivity index (χ3n) is 2.59. The highest BCUT2D eigenvalue weighted by Crippen LogP contribution is 2.18. The lowest BCUT2D eigenvalue weighted by atomic mass is 10.3. The number of hydrogen-bond acceptors (Lipinski definition) is 5. The van der Waals surface area contributed by atoms with Crippen LogP contribution in [0.15, 0.2) is 24.3 Å². The smallest absolute Gasteiger partial charge is 0.241 e. The van der Waals surface area contributed by atoms with Crippen molar-refractivity contribution in [2.75, 3.05) is 18.1 Å². The van der Waals surface area contributed by atoms with Gasteiger partial charge in [0.15, 0.2) is 11.6 Å². The zero-order chi connectivity index (χ0) is 13.1. The van der Waals surface area contributed by atoms with E-state index in [1.807, 2.05) is 24.3 Å². The van der Waals surface area contributed by atoms with E-state index in [9.17, 15) is 4.79 Å². The van der Waals surface area contributed by atoms with Gasteiger partial charge in [-0.15, -0.1) is 0 Å². The Morgan fingerprint density at radius 2 is 1.89 bits per heavy atom. The molecule has 1 unspecified atom stereocenters. The molecule has 94 valence electrons. The van der Waals surface area contributed by atoms with Gasteiger partial charge in [0, 0.05) is 7.05 Å². The van der Waals surface area contributed by atoms with Crippen molar-refractivity contribution in [1.29, 1.82) is 0 Å². The number of hydrogen-bond donors (Lipinski definition) is 3. The number of fused-ring (bicyclic) bond motifs is 1. The third kappa shape index (κ3) is 2.32. The number of nitrogen functional groups attached to an aromatic ring is 1. The maximum Gasteiger partial charge on any atom is 0.241 e. The van der Waals surface area contributed by atoms with Crippen LogP contribution in [-0.2, 0) is 4.79 Å². The minimum absolute atomic E-state index is 0.135. The fraction of sp³-hybridized carbons (Fsp3) is 0.250. The first-order chi connectivity index (χ1) is 8.61. The van der Waals surface area contributed by atoms with Crippen LogP contribution in [0.4, 0.5) is 11.6 Å². The van der Waals surface area contributed by atoms with E-state index >= 15 is 0 Å². The van der Waals surface area contributed by atoms with E-state index in [1.165, 1.54) is 0 Å². The summed E-state index contributed by atoms with van der Waals surface area (Å²) in [6.07, 6.45) is 0. The molecular weight excluding hydrogens is 230 g/mol. The summed E-state index contributed by atoms with van der Waals surface area (Å²) in [6.45, 7) is 1.73. The Balaban J connectivity index is 2.33. The Morgan fingerprint density at radius 3 is 2.50 bits per heavy atom. The van der Waals surface area contributed by atoms with Gasteiger partial charge in [-0.1, -0.05) is 12.1 Å². The second-order valence-electron chi connectivity index (χ2n) is 3.93. The lowest BCUT2D eigenvalue weighted by Gasteiger charge is -2.14. The van der Waals surface area contributed by atoms with E-state index in [0.717, 1.165) is 11.0 Å². The van der Waals surface area contributed by atoms with E-state index in [-0.39, 0.29) is 11.7 Å². The zero-order valence-corrected chi connectivity index (χ0v) is 10.3. The molecule has 2 rings (SSSR count). The van der Waals surface area contributed by atoms with Crippen LogP contribution < -0.4 is 16.4 Å². The van der Waals surface area contributed by atoms with E-state index in [0.29, 0.717) is 5.82 Å². The molecule has 0 radical (unpaired) electrons. The molecule has 1 atom stereocenters. The number of aromatic nitrogens is 2. The summed E-state index contributed by atoms with van der Waals surface area (Å²) in [5, 5.41) is 5.49. The van der Waals surface area contributed by atoms with Crippen molar-refractivity contribution in [3.8, 4) is 0 Å². The first-order valence-corrected chi connectivity index (χ1v) is 5.62. The first kappa shape index (κ1) is 12.1. The molecule has 0 aliphatic carbocycles. The predicted octanol–water partition coefficient (Wildman–Crippen LogP) is 0.758. The van der Waals surface area contributed by atoms with Crippen LogP contribution in [0.5, 0.6) is 0 Å². The van der Waals surface area contributed by atoms with Crippen LogP contribution in [0, 0.1) is 0 Å². The molecule has 1 aromatic heterocycles. The molecule has 6 nitrogen and oxygen atoms in total. The number of nitrogens with zero attached hydrogens (tertiary/aromatic N) is 2. The fourth-order valence-electron chi connectivity index (χ4n) is 1.61. The average Bonchev–Trinajstić information content (AvgIpc) is 2.38. The Hall–Kier alpha value is -2.37. The van der Waals surface area contributed by atoms with Crippen LogP contribution in [0.3, 0.4) is 0 Å². The van der Waals surface area contributed by atoms with Crippen molar-refractivity contribution in [3.63, 3.8) is 0 Å². The molecule has 0 spiro atoms. The number of nitrogens with one attached hydrogen (secondary N) is 2. The maximum atomic E-state index is 11.4. The number of amides is 1. The molecule has 1 aromatic carbocycles. The minimum Gasteiger partial charge on any atom is -0.381 e. The summed E-state index contributed by atoms with van der Waals surface area (Å²) in [4.78, 5) is 20.0. The van der Waals surface area contributed by atoms with Crippen molar-refractivity contribution in [2.24, 2.45) is 0 Å². The molecule has 4 N–H and O–H groups in total. The molecule has 2 aromatic rings. The molecule has 0 aliphatic heterocycles. The second kappa shape index (κ2) is 4.87. The summed E-state index contributed by atoms with van der Waals surface area (Å²) in [6, 6.07) is 7.01. The predicted molar refractivity (Wildman–Crippen MR) is 71.1 cm³/mol. The molecule has 1 amide bonds. The standard InChI is InChI=1S/C12H15N5O/c1-7(12(18)14-2)15-11-10(13)16-8-5-3-4-6-9(8)17-11/h3-7H,1-2H3,(H2,13,16)(H,14,18)(H,15,17). The molecule has 0 saturated heterocycles. The number of anilines is 2. The summed E-state index contributed by atoms with van der Waals surface area (Å²) in [5.41, 5.74) is 7.27. The van der Waals surface area contributed by atoms with Crippen molar-refractivity contribution >= 4 is 28.6 Å². The first-order valence-electron chi connectivity index (χ1n) is 5.62. The summed E-state index contributed by atoms with van der Waals surface area (Å²) in [5.74, 6) is 0.568. The van der Waals surface area contributed by atoms with Gasteiger partial charge in [0.05, 0.1) is 11.0 Å². The highest BCUT2D eigenvalue weighted by molar-refractivity contribution is 5.85. The van der Waals surface area contributed by atoms with Gasteiger partial charge in [0.2, 0.25) is 5.91 Å². The van der Waals surface area contributed by atoms with E-state index < -0.39 is 6.04 Å². The number of carbonyl (C=O) groups excluding carboxylic acids is 1. The van der Waals surface area contributed by atoms with Gasteiger partial charge in [-0.25, -0.2) is 9.97 Å². The van der Waals surface area contributed by atoms with Crippen LogP contribution in [-0.4, -0.2) is 29.0 Å². The number of nitrogens with two attached hydrogens (primary N) is 1. The highest BCUT2D eigenvalue weighted by Gasteiger charge is 2.13.